The molecular formula is C16H14N6S3. The summed E-state index contributed by atoms with van der Waals surface area (Å²) in [6.45, 7) is 4.04. The molecular weight excluding hydrogens is 372 g/mol. The van der Waals surface area contributed by atoms with Gasteiger partial charge in [0.1, 0.15) is 10.0 Å². The average molecular weight is 387 g/mol. The quantitative estimate of drug-likeness (QED) is 0.479. The maximum Gasteiger partial charge on any atom is 0.234 e. The van der Waals surface area contributed by atoms with Crippen LogP contribution in [0.3, 0.4) is 0 Å². The molecule has 0 unspecified atom stereocenters. The SMILES string of the molecule is C/C(=C/c1nn2c(CSc3nnc(C)s3)nnc2s1)c1ccccc1. The molecule has 0 aliphatic heterocycles. The highest BCUT2D eigenvalue weighted by molar-refractivity contribution is 8.00. The lowest BCUT2D eigenvalue weighted by molar-refractivity contribution is 0.879. The van der Waals surface area contributed by atoms with Crippen LogP contribution < -0.4 is 0 Å². The molecule has 4 aromatic rings. The van der Waals surface area contributed by atoms with Gasteiger partial charge in [-0.05, 0) is 31.1 Å². The normalized spacial score (nSPS) is 12.2. The van der Waals surface area contributed by atoms with Gasteiger partial charge in [-0.2, -0.15) is 9.61 Å². The van der Waals surface area contributed by atoms with Crippen LogP contribution in [-0.4, -0.2) is 30.0 Å². The third-order valence-electron chi connectivity index (χ3n) is 3.47. The molecule has 0 radical (unpaired) electrons. The Morgan fingerprint density at radius 2 is 1.96 bits per heavy atom. The Labute approximate surface area is 156 Å². The van der Waals surface area contributed by atoms with E-state index in [2.05, 4.69) is 50.6 Å². The van der Waals surface area contributed by atoms with Crippen molar-refractivity contribution in [3.05, 3.63) is 51.7 Å². The molecule has 0 spiro atoms. The van der Waals surface area contributed by atoms with Gasteiger partial charge in [0.05, 0.1) is 5.75 Å². The zero-order valence-corrected chi connectivity index (χ0v) is 16.0. The highest BCUT2D eigenvalue weighted by Crippen LogP contribution is 2.26. The molecule has 1 aromatic carbocycles. The minimum atomic E-state index is 0.667. The summed E-state index contributed by atoms with van der Waals surface area (Å²) in [6.07, 6.45) is 2.08. The van der Waals surface area contributed by atoms with Crippen LogP contribution >= 0.6 is 34.4 Å². The van der Waals surface area contributed by atoms with Gasteiger partial charge in [-0.15, -0.1) is 20.4 Å². The molecule has 0 aliphatic rings. The van der Waals surface area contributed by atoms with E-state index in [1.165, 1.54) is 22.5 Å². The molecule has 4 rings (SSSR count). The maximum absolute atomic E-state index is 4.64. The third-order valence-corrected chi connectivity index (χ3v) is 6.29. The van der Waals surface area contributed by atoms with Crippen molar-refractivity contribution in [1.29, 1.82) is 0 Å². The lowest BCUT2D eigenvalue weighted by atomic mass is 10.1. The maximum atomic E-state index is 4.64. The van der Waals surface area contributed by atoms with Crippen molar-refractivity contribution in [3.8, 4) is 0 Å². The van der Waals surface area contributed by atoms with Crippen LogP contribution in [0.4, 0.5) is 0 Å². The van der Waals surface area contributed by atoms with Gasteiger partial charge in [-0.25, -0.2) is 0 Å². The van der Waals surface area contributed by atoms with Crippen LogP contribution in [0.15, 0.2) is 34.7 Å². The fourth-order valence-corrected chi connectivity index (χ4v) is 4.83. The van der Waals surface area contributed by atoms with Crippen molar-refractivity contribution in [2.24, 2.45) is 0 Å². The van der Waals surface area contributed by atoms with E-state index in [1.54, 1.807) is 23.1 Å². The van der Waals surface area contributed by atoms with Gasteiger partial charge in [0.2, 0.25) is 4.96 Å². The molecule has 0 saturated carbocycles. The highest BCUT2D eigenvalue weighted by atomic mass is 32.2. The number of fused-ring (bicyclic) bond motifs is 1. The number of aryl methyl sites for hydroxylation is 1. The van der Waals surface area contributed by atoms with E-state index in [-0.39, 0.29) is 0 Å². The Balaban J connectivity index is 1.56. The zero-order valence-electron chi connectivity index (χ0n) is 13.6. The van der Waals surface area contributed by atoms with Crippen molar-refractivity contribution in [3.63, 3.8) is 0 Å². The number of hydrogen-bond donors (Lipinski definition) is 0. The van der Waals surface area contributed by atoms with E-state index < -0.39 is 0 Å². The van der Waals surface area contributed by atoms with Crippen LogP contribution in [0.25, 0.3) is 16.6 Å². The summed E-state index contributed by atoms with van der Waals surface area (Å²) in [5.41, 5.74) is 2.36. The fraction of sp³-hybridized carbons (Fsp3) is 0.188. The van der Waals surface area contributed by atoms with Gasteiger partial charge in [-0.3, -0.25) is 0 Å². The second-order valence-corrected chi connectivity index (χ2v) is 8.71. The van der Waals surface area contributed by atoms with E-state index >= 15 is 0 Å². The monoisotopic (exact) mass is 386 g/mol. The number of rotatable bonds is 5. The molecule has 6 nitrogen and oxygen atoms in total. The van der Waals surface area contributed by atoms with E-state index in [0.29, 0.717) is 5.75 Å². The molecule has 3 aromatic heterocycles. The summed E-state index contributed by atoms with van der Waals surface area (Å²) in [4.78, 5) is 0.802. The first-order chi connectivity index (χ1) is 12.2. The van der Waals surface area contributed by atoms with Crippen molar-refractivity contribution < 1.29 is 0 Å². The molecule has 0 fully saturated rings. The zero-order chi connectivity index (χ0) is 17.2. The van der Waals surface area contributed by atoms with E-state index in [0.717, 1.165) is 25.1 Å². The first-order valence-electron chi connectivity index (χ1n) is 7.57. The lowest BCUT2D eigenvalue weighted by Crippen LogP contribution is -1.94. The van der Waals surface area contributed by atoms with E-state index in [1.807, 2.05) is 29.6 Å². The molecule has 0 atom stereocenters. The van der Waals surface area contributed by atoms with Crippen molar-refractivity contribution in [1.82, 2.24) is 30.0 Å². The van der Waals surface area contributed by atoms with Gasteiger partial charge < -0.3 is 0 Å². The Morgan fingerprint density at radius 3 is 2.72 bits per heavy atom. The van der Waals surface area contributed by atoms with Crippen molar-refractivity contribution in [2.75, 3.05) is 0 Å². The molecule has 0 bridgehead atoms. The minimum absolute atomic E-state index is 0.667. The highest BCUT2D eigenvalue weighted by Gasteiger charge is 2.12. The van der Waals surface area contributed by atoms with E-state index in [4.69, 9.17) is 0 Å². The van der Waals surface area contributed by atoms with Crippen LogP contribution in [-0.2, 0) is 5.75 Å². The smallest absolute Gasteiger partial charge is 0.186 e. The standard InChI is InChI=1S/C16H14N6S3/c1-10(12-6-4-3-5-7-12)8-14-21-22-13(18-19-15(22)25-14)9-23-16-20-17-11(2)24-16/h3-8H,9H2,1-2H3/b10-8-. The predicted molar refractivity (Wildman–Crippen MR) is 103 cm³/mol. The molecule has 0 aliphatic carbocycles. The van der Waals surface area contributed by atoms with Gasteiger partial charge in [-0.1, -0.05) is 64.8 Å². The Bertz CT molecular complexity index is 1030. The fourth-order valence-electron chi connectivity index (χ4n) is 2.25. The molecule has 0 N–H and O–H groups in total. The van der Waals surface area contributed by atoms with Gasteiger partial charge in [0.15, 0.2) is 10.2 Å². The van der Waals surface area contributed by atoms with Crippen LogP contribution in [0.2, 0.25) is 0 Å². The molecule has 0 saturated heterocycles. The number of nitrogens with zero attached hydrogens (tertiary/aromatic N) is 6. The average Bonchev–Trinajstić information content (AvgIpc) is 3.30. The Hall–Kier alpha value is -2.10. The van der Waals surface area contributed by atoms with Gasteiger partial charge in [0.25, 0.3) is 0 Å². The summed E-state index contributed by atoms with van der Waals surface area (Å²) in [6, 6.07) is 10.3. The Morgan fingerprint density at radius 1 is 1.12 bits per heavy atom. The second kappa shape index (κ2) is 7.03. The number of hydrogen-bond acceptors (Lipinski definition) is 8. The third kappa shape index (κ3) is 3.63. The van der Waals surface area contributed by atoms with Crippen LogP contribution in [0.5, 0.6) is 0 Å². The summed E-state index contributed by atoms with van der Waals surface area (Å²) in [7, 11) is 0. The Kier molecular flexibility index (Phi) is 4.60. The topological polar surface area (TPSA) is 68.9 Å². The number of aromatic nitrogens is 6. The summed E-state index contributed by atoms with van der Waals surface area (Å²) >= 11 is 4.72. The molecule has 126 valence electrons. The first-order valence-corrected chi connectivity index (χ1v) is 10.2. The lowest BCUT2D eigenvalue weighted by Gasteiger charge is -1.99. The van der Waals surface area contributed by atoms with Crippen LogP contribution in [0, 0.1) is 6.92 Å². The molecule has 0 amide bonds. The number of thioether (sulfide) groups is 1. The van der Waals surface area contributed by atoms with Crippen molar-refractivity contribution in [2.45, 2.75) is 23.9 Å². The molecule has 9 heteroatoms. The number of benzene rings is 1. The van der Waals surface area contributed by atoms with Gasteiger partial charge >= 0.3 is 0 Å². The summed E-state index contributed by atoms with van der Waals surface area (Å²) in [5.74, 6) is 1.49. The summed E-state index contributed by atoms with van der Waals surface area (Å²) in [5, 5.41) is 23.1. The van der Waals surface area contributed by atoms with Gasteiger partial charge in [0, 0.05) is 0 Å². The first kappa shape index (κ1) is 16.4. The summed E-state index contributed by atoms with van der Waals surface area (Å²) < 4.78 is 2.75. The molecule has 25 heavy (non-hydrogen) atoms. The van der Waals surface area contributed by atoms with Crippen LogP contribution in [0.1, 0.15) is 28.3 Å². The predicted octanol–water partition coefficient (Wildman–Crippen LogP) is 4.20. The van der Waals surface area contributed by atoms with Crippen molar-refractivity contribution >= 4 is 51.0 Å². The minimum Gasteiger partial charge on any atom is -0.186 e. The second-order valence-electron chi connectivity index (χ2n) is 5.32. The molecule has 3 heterocycles. The number of allylic oxidation sites excluding steroid dienone is 1. The van der Waals surface area contributed by atoms with E-state index in [9.17, 15) is 0 Å². The largest absolute Gasteiger partial charge is 0.234 e.